The minimum Gasteiger partial charge on any atom is -0.297 e. The predicted octanol–water partition coefficient (Wildman–Crippen LogP) is 7.41. The van der Waals surface area contributed by atoms with Crippen LogP contribution in [0.15, 0.2) is 30.3 Å². The van der Waals surface area contributed by atoms with Gasteiger partial charge in [-0.2, -0.15) is 0 Å². The van der Waals surface area contributed by atoms with Gasteiger partial charge < -0.3 is 0 Å². The van der Waals surface area contributed by atoms with Crippen molar-refractivity contribution in [3.05, 3.63) is 35.9 Å². The van der Waals surface area contributed by atoms with E-state index in [9.17, 15) is 18.0 Å². The van der Waals surface area contributed by atoms with Gasteiger partial charge in [0, 0.05) is 6.42 Å². The molecule has 160 valence electrons. The molecule has 0 aromatic heterocycles. The molecule has 0 bridgehead atoms. The highest BCUT2D eigenvalue weighted by Crippen LogP contribution is 2.17. The van der Waals surface area contributed by atoms with Crippen molar-refractivity contribution in [1.29, 1.82) is 0 Å². The molecule has 0 heterocycles. The standard InChI is InChI=1S/C23H35F3O2/c24-23(25,26)28-20-22(27)19-15-10-8-6-4-2-1-3-5-7-9-12-16-21-17-13-11-14-18-21/h11,13-14,17-18H,1-10,12,15-16,19-20H2. The van der Waals surface area contributed by atoms with Gasteiger partial charge in [-0.1, -0.05) is 94.5 Å². The van der Waals surface area contributed by atoms with Crippen LogP contribution in [-0.2, 0) is 16.0 Å². The zero-order valence-electron chi connectivity index (χ0n) is 16.9. The van der Waals surface area contributed by atoms with E-state index in [1.807, 2.05) is 0 Å². The average Bonchev–Trinajstić information content (AvgIpc) is 2.67. The summed E-state index contributed by atoms with van der Waals surface area (Å²) in [6.45, 7) is -0.851. The lowest BCUT2D eigenvalue weighted by Crippen LogP contribution is -2.19. The minimum absolute atomic E-state index is 0.181. The van der Waals surface area contributed by atoms with Gasteiger partial charge in [-0.05, 0) is 24.8 Å². The highest BCUT2D eigenvalue weighted by atomic mass is 19.4. The van der Waals surface area contributed by atoms with Gasteiger partial charge in [-0.25, -0.2) is 0 Å². The second-order valence-corrected chi connectivity index (χ2v) is 7.50. The first-order valence-electron chi connectivity index (χ1n) is 10.7. The fourth-order valence-electron chi connectivity index (χ4n) is 3.30. The van der Waals surface area contributed by atoms with E-state index >= 15 is 0 Å². The van der Waals surface area contributed by atoms with Crippen LogP contribution in [-0.4, -0.2) is 18.8 Å². The summed E-state index contributed by atoms with van der Waals surface area (Å²) in [6, 6.07) is 10.6. The summed E-state index contributed by atoms with van der Waals surface area (Å²) in [4.78, 5) is 11.2. The van der Waals surface area contributed by atoms with E-state index in [1.54, 1.807) is 0 Å². The van der Waals surface area contributed by atoms with Crippen molar-refractivity contribution in [2.24, 2.45) is 0 Å². The maximum absolute atomic E-state index is 11.8. The number of aryl methyl sites for hydroxylation is 1. The maximum atomic E-state index is 11.8. The smallest absolute Gasteiger partial charge is 0.297 e. The van der Waals surface area contributed by atoms with E-state index in [1.165, 1.54) is 63.4 Å². The number of carbonyl (C=O) groups excluding carboxylic acids is 1. The number of alkyl halides is 3. The first kappa shape index (κ1) is 24.7. The Morgan fingerprint density at radius 3 is 1.68 bits per heavy atom. The number of Topliss-reactive ketones (excluding diaryl/α,β-unsaturated/α-hetero) is 1. The summed E-state index contributed by atoms with van der Waals surface area (Å²) in [5.74, 6) is -0.471. The highest BCUT2D eigenvalue weighted by Gasteiger charge is 2.29. The molecule has 0 fully saturated rings. The van der Waals surface area contributed by atoms with Crippen molar-refractivity contribution >= 4 is 5.78 Å². The molecule has 1 aromatic carbocycles. The maximum Gasteiger partial charge on any atom is 0.522 e. The van der Waals surface area contributed by atoms with E-state index < -0.39 is 18.8 Å². The first-order valence-corrected chi connectivity index (χ1v) is 10.7. The van der Waals surface area contributed by atoms with Gasteiger partial charge in [0.2, 0.25) is 0 Å². The van der Waals surface area contributed by atoms with Crippen LogP contribution in [0.3, 0.4) is 0 Å². The Bertz CT molecular complexity index is 500. The van der Waals surface area contributed by atoms with Crippen LogP contribution in [0.4, 0.5) is 13.2 Å². The Morgan fingerprint density at radius 2 is 1.18 bits per heavy atom. The molecule has 0 aliphatic carbocycles. The van der Waals surface area contributed by atoms with Crippen molar-refractivity contribution in [3.63, 3.8) is 0 Å². The number of carbonyl (C=O) groups is 1. The topological polar surface area (TPSA) is 26.3 Å². The molecule has 0 radical (unpaired) electrons. The van der Waals surface area contributed by atoms with Gasteiger partial charge in [0.25, 0.3) is 0 Å². The number of hydrogen-bond donors (Lipinski definition) is 0. The molecule has 1 aromatic rings. The lowest BCUT2D eigenvalue weighted by atomic mass is 10.0. The van der Waals surface area contributed by atoms with Crippen LogP contribution in [0.25, 0.3) is 0 Å². The minimum atomic E-state index is -4.71. The number of hydrogen-bond acceptors (Lipinski definition) is 2. The quantitative estimate of drug-likeness (QED) is 0.255. The van der Waals surface area contributed by atoms with E-state index in [2.05, 4.69) is 35.1 Å². The van der Waals surface area contributed by atoms with Crippen LogP contribution in [0.1, 0.15) is 89.0 Å². The molecule has 0 unspecified atom stereocenters. The molecule has 0 aliphatic heterocycles. The molecule has 0 saturated carbocycles. The summed E-state index contributed by atoms with van der Waals surface area (Å²) in [5.41, 5.74) is 1.43. The average molecular weight is 401 g/mol. The lowest BCUT2D eigenvalue weighted by molar-refractivity contribution is -0.320. The zero-order chi connectivity index (χ0) is 20.5. The van der Waals surface area contributed by atoms with Crippen LogP contribution >= 0.6 is 0 Å². The number of ketones is 1. The van der Waals surface area contributed by atoms with Gasteiger partial charge >= 0.3 is 6.36 Å². The molecule has 5 heteroatoms. The molecular weight excluding hydrogens is 365 g/mol. The molecule has 0 N–H and O–H groups in total. The summed E-state index contributed by atoms with van der Waals surface area (Å²) in [5, 5.41) is 0. The Balaban J connectivity index is 1.77. The van der Waals surface area contributed by atoms with Gasteiger partial charge in [-0.3, -0.25) is 9.53 Å². The van der Waals surface area contributed by atoms with Crippen LogP contribution < -0.4 is 0 Å². The molecular formula is C23H35F3O2. The van der Waals surface area contributed by atoms with Crippen molar-refractivity contribution in [2.45, 2.75) is 96.3 Å². The monoisotopic (exact) mass is 400 g/mol. The second-order valence-electron chi connectivity index (χ2n) is 7.50. The lowest BCUT2D eigenvalue weighted by Gasteiger charge is -2.06. The van der Waals surface area contributed by atoms with Gasteiger partial charge in [-0.15, -0.1) is 13.2 Å². The molecule has 0 atom stereocenters. The van der Waals surface area contributed by atoms with Crippen LogP contribution in [0, 0.1) is 0 Å². The van der Waals surface area contributed by atoms with Gasteiger partial charge in [0.1, 0.15) is 6.61 Å². The normalized spacial score (nSPS) is 11.7. The molecule has 0 saturated heterocycles. The Labute approximate surface area is 167 Å². The van der Waals surface area contributed by atoms with Crippen LogP contribution in [0.5, 0.6) is 0 Å². The van der Waals surface area contributed by atoms with Crippen molar-refractivity contribution in [3.8, 4) is 0 Å². The number of unbranched alkanes of at least 4 members (excludes halogenated alkanes) is 11. The van der Waals surface area contributed by atoms with Crippen molar-refractivity contribution < 1.29 is 22.7 Å². The number of benzene rings is 1. The van der Waals surface area contributed by atoms with E-state index in [0.29, 0.717) is 6.42 Å². The third-order valence-electron chi connectivity index (χ3n) is 4.91. The van der Waals surface area contributed by atoms with E-state index in [0.717, 1.165) is 19.3 Å². The first-order chi connectivity index (χ1) is 13.5. The Morgan fingerprint density at radius 1 is 0.714 bits per heavy atom. The summed E-state index contributed by atoms with van der Waals surface area (Å²) in [7, 11) is 0. The van der Waals surface area contributed by atoms with Crippen molar-refractivity contribution in [1.82, 2.24) is 0 Å². The Kier molecular flexibility index (Phi) is 13.7. The molecule has 2 nitrogen and oxygen atoms in total. The number of halogens is 3. The predicted molar refractivity (Wildman–Crippen MR) is 107 cm³/mol. The zero-order valence-corrected chi connectivity index (χ0v) is 16.9. The van der Waals surface area contributed by atoms with Crippen molar-refractivity contribution in [2.75, 3.05) is 6.61 Å². The third-order valence-corrected chi connectivity index (χ3v) is 4.91. The SMILES string of the molecule is O=C(CCCCCCCCCCCCCCc1ccccc1)COC(F)(F)F. The number of rotatable bonds is 17. The summed E-state index contributed by atoms with van der Waals surface area (Å²) in [6.07, 6.45) is 10.7. The second kappa shape index (κ2) is 15.5. The highest BCUT2D eigenvalue weighted by molar-refractivity contribution is 5.79. The molecule has 28 heavy (non-hydrogen) atoms. The third kappa shape index (κ3) is 15.7. The molecule has 0 spiro atoms. The fraction of sp³-hybridized carbons (Fsp3) is 0.696. The molecule has 1 rings (SSSR count). The molecule has 0 amide bonds. The van der Waals surface area contributed by atoms with Crippen LogP contribution in [0.2, 0.25) is 0 Å². The van der Waals surface area contributed by atoms with Gasteiger partial charge in [0.05, 0.1) is 0 Å². The summed E-state index contributed by atoms with van der Waals surface area (Å²) >= 11 is 0. The largest absolute Gasteiger partial charge is 0.522 e. The number of ether oxygens (including phenoxy) is 1. The summed E-state index contributed by atoms with van der Waals surface area (Å²) < 4.78 is 38.9. The van der Waals surface area contributed by atoms with E-state index in [4.69, 9.17) is 0 Å². The Hall–Kier alpha value is -1.36. The fourth-order valence-corrected chi connectivity index (χ4v) is 3.30. The van der Waals surface area contributed by atoms with E-state index in [-0.39, 0.29) is 6.42 Å². The molecule has 0 aliphatic rings. The van der Waals surface area contributed by atoms with Gasteiger partial charge in [0.15, 0.2) is 5.78 Å².